The van der Waals surface area contributed by atoms with Gasteiger partial charge in [-0.1, -0.05) is 30.3 Å². The zero-order valence-corrected chi connectivity index (χ0v) is 19.9. The fourth-order valence-electron chi connectivity index (χ4n) is 4.00. The largest absolute Gasteiger partial charge is 0.350 e. The van der Waals surface area contributed by atoms with Crippen molar-refractivity contribution in [2.45, 2.75) is 34.6 Å². The van der Waals surface area contributed by atoms with Crippen LogP contribution in [0.2, 0.25) is 0 Å². The molecule has 6 heteroatoms. The summed E-state index contributed by atoms with van der Waals surface area (Å²) in [6.45, 7) is 9.31. The number of imide groups is 1. The first-order valence-electron chi connectivity index (χ1n) is 11.1. The maximum atomic E-state index is 13.7. The maximum absolute atomic E-state index is 13.7. The summed E-state index contributed by atoms with van der Waals surface area (Å²) in [5.74, 6) is -0.979. The quantitative estimate of drug-likeness (QED) is 0.516. The molecule has 0 aromatic heterocycles. The molecular weight excluding hydrogens is 426 g/mol. The molecule has 0 atom stereocenters. The third-order valence-corrected chi connectivity index (χ3v) is 6.17. The first-order valence-corrected chi connectivity index (χ1v) is 11.1. The van der Waals surface area contributed by atoms with Crippen LogP contribution >= 0.6 is 0 Å². The number of hydrogen-bond donors (Lipinski definition) is 2. The average Bonchev–Trinajstić information content (AvgIpc) is 3.02. The van der Waals surface area contributed by atoms with E-state index >= 15 is 0 Å². The van der Waals surface area contributed by atoms with Gasteiger partial charge in [0.05, 0.1) is 11.3 Å². The van der Waals surface area contributed by atoms with E-state index in [-0.39, 0.29) is 11.6 Å². The summed E-state index contributed by atoms with van der Waals surface area (Å²) < 4.78 is 0. The van der Waals surface area contributed by atoms with Gasteiger partial charge in [-0.2, -0.15) is 0 Å². The minimum Gasteiger partial charge on any atom is -0.350 e. The Morgan fingerprint density at radius 3 is 2.09 bits per heavy atom. The van der Waals surface area contributed by atoms with Gasteiger partial charge in [0.15, 0.2) is 0 Å². The van der Waals surface area contributed by atoms with Crippen LogP contribution in [-0.2, 0) is 14.4 Å². The van der Waals surface area contributed by atoms with E-state index in [0.29, 0.717) is 22.5 Å². The van der Waals surface area contributed by atoms with Gasteiger partial charge in [0.2, 0.25) is 5.91 Å². The van der Waals surface area contributed by atoms with Crippen LogP contribution in [0.1, 0.15) is 34.7 Å². The average molecular weight is 454 g/mol. The summed E-state index contributed by atoms with van der Waals surface area (Å²) in [4.78, 5) is 40.0. The Kier molecular flexibility index (Phi) is 6.07. The van der Waals surface area contributed by atoms with Crippen LogP contribution < -0.4 is 15.5 Å². The lowest BCUT2D eigenvalue weighted by Crippen LogP contribution is -2.33. The van der Waals surface area contributed by atoms with Crippen LogP contribution in [-0.4, -0.2) is 17.7 Å². The molecule has 6 nitrogen and oxygen atoms in total. The second-order valence-electron chi connectivity index (χ2n) is 8.60. The van der Waals surface area contributed by atoms with Gasteiger partial charge in [0.25, 0.3) is 11.8 Å². The van der Waals surface area contributed by atoms with Gasteiger partial charge in [0, 0.05) is 18.3 Å². The Labute approximate surface area is 199 Å². The topological polar surface area (TPSA) is 78.5 Å². The highest BCUT2D eigenvalue weighted by Crippen LogP contribution is 2.36. The Hall–Kier alpha value is -4.19. The van der Waals surface area contributed by atoms with E-state index in [2.05, 4.69) is 10.6 Å². The molecule has 0 saturated heterocycles. The molecule has 3 aromatic carbocycles. The molecule has 0 bridgehead atoms. The van der Waals surface area contributed by atoms with Crippen molar-refractivity contribution in [3.8, 4) is 0 Å². The van der Waals surface area contributed by atoms with Crippen LogP contribution in [0.15, 0.2) is 66.4 Å². The van der Waals surface area contributed by atoms with E-state index in [9.17, 15) is 14.4 Å². The second kappa shape index (κ2) is 8.98. The van der Waals surface area contributed by atoms with Crippen molar-refractivity contribution in [1.29, 1.82) is 0 Å². The number of carbonyl (C=O) groups is 3. The number of hydrogen-bond acceptors (Lipinski definition) is 4. The van der Waals surface area contributed by atoms with E-state index in [1.807, 2.05) is 58.0 Å². The number of aryl methyl sites for hydroxylation is 3. The summed E-state index contributed by atoms with van der Waals surface area (Å²) in [6.07, 6.45) is 0. The van der Waals surface area contributed by atoms with Gasteiger partial charge in [-0.15, -0.1) is 0 Å². The number of benzene rings is 3. The van der Waals surface area contributed by atoms with Gasteiger partial charge < -0.3 is 10.6 Å². The number of carbonyl (C=O) groups excluding carboxylic acids is 3. The van der Waals surface area contributed by atoms with Crippen molar-refractivity contribution < 1.29 is 14.4 Å². The number of rotatable bonds is 5. The molecule has 0 fully saturated rings. The predicted octanol–water partition coefficient (Wildman–Crippen LogP) is 5.28. The lowest BCUT2D eigenvalue weighted by molar-refractivity contribution is -0.120. The first-order chi connectivity index (χ1) is 16.2. The molecular formula is C28H27N3O3. The SMILES string of the molecule is CC(=O)Nc1ccc(C2=C(Nc3ccc(C)c(C)c3)C(=O)N(c3cccc(C)c3C)C2=O)cc1. The molecule has 1 heterocycles. The van der Waals surface area contributed by atoms with Gasteiger partial charge in [-0.05, 0) is 85.8 Å². The molecule has 1 aliphatic heterocycles. The third-order valence-electron chi connectivity index (χ3n) is 6.17. The third kappa shape index (κ3) is 4.22. The lowest BCUT2D eigenvalue weighted by Gasteiger charge is -2.19. The zero-order chi connectivity index (χ0) is 24.6. The number of anilines is 3. The highest BCUT2D eigenvalue weighted by Gasteiger charge is 2.41. The van der Waals surface area contributed by atoms with E-state index in [0.717, 1.165) is 27.9 Å². The Morgan fingerprint density at radius 2 is 1.44 bits per heavy atom. The minimum atomic E-state index is -0.405. The fraction of sp³-hybridized carbons (Fsp3) is 0.179. The molecule has 0 unspecified atom stereocenters. The Morgan fingerprint density at radius 1 is 0.765 bits per heavy atom. The number of nitrogens with one attached hydrogen (secondary N) is 2. The molecule has 3 amide bonds. The lowest BCUT2D eigenvalue weighted by atomic mass is 10.0. The van der Waals surface area contributed by atoms with Crippen molar-refractivity contribution >= 4 is 40.4 Å². The smallest absolute Gasteiger partial charge is 0.282 e. The molecule has 0 saturated carbocycles. The molecule has 4 rings (SSSR count). The fourth-order valence-corrected chi connectivity index (χ4v) is 4.00. The molecule has 0 spiro atoms. The van der Waals surface area contributed by atoms with Crippen LogP contribution in [0.3, 0.4) is 0 Å². The van der Waals surface area contributed by atoms with Gasteiger partial charge >= 0.3 is 0 Å². The first kappa shape index (κ1) is 23.0. The molecule has 0 radical (unpaired) electrons. The van der Waals surface area contributed by atoms with Crippen molar-refractivity contribution in [2.75, 3.05) is 15.5 Å². The zero-order valence-electron chi connectivity index (χ0n) is 19.9. The molecule has 172 valence electrons. The van der Waals surface area contributed by atoms with Gasteiger partial charge in [-0.3, -0.25) is 14.4 Å². The molecule has 34 heavy (non-hydrogen) atoms. The minimum absolute atomic E-state index is 0.183. The van der Waals surface area contributed by atoms with Crippen molar-refractivity contribution in [3.63, 3.8) is 0 Å². The standard InChI is InChI=1S/C28H27N3O3/c1-16-9-12-23(15-18(16)3)30-26-25(21-10-13-22(14-11-21)29-20(5)32)27(33)31(28(26)34)24-8-6-7-17(2)19(24)4/h6-15,30H,1-5H3,(H,29,32). The summed E-state index contributed by atoms with van der Waals surface area (Å²) >= 11 is 0. The summed E-state index contributed by atoms with van der Waals surface area (Å²) in [5.41, 5.74) is 7.10. The number of amides is 3. The maximum Gasteiger partial charge on any atom is 0.282 e. The van der Waals surface area contributed by atoms with E-state index in [4.69, 9.17) is 0 Å². The van der Waals surface area contributed by atoms with Gasteiger partial charge in [0.1, 0.15) is 5.70 Å². The second-order valence-corrected chi connectivity index (χ2v) is 8.60. The Balaban J connectivity index is 1.82. The summed E-state index contributed by atoms with van der Waals surface area (Å²) in [6, 6.07) is 18.3. The molecule has 2 N–H and O–H groups in total. The van der Waals surface area contributed by atoms with Crippen molar-refractivity contribution in [2.24, 2.45) is 0 Å². The van der Waals surface area contributed by atoms with Crippen molar-refractivity contribution in [1.82, 2.24) is 0 Å². The normalized spacial score (nSPS) is 13.5. The summed E-state index contributed by atoms with van der Waals surface area (Å²) in [5, 5.41) is 5.94. The molecule has 0 aliphatic carbocycles. The van der Waals surface area contributed by atoms with Crippen LogP contribution in [0.4, 0.5) is 17.1 Å². The Bertz CT molecular complexity index is 1350. The summed E-state index contributed by atoms with van der Waals surface area (Å²) in [7, 11) is 0. The van der Waals surface area contributed by atoms with Crippen LogP contribution in [0.25, 0.3) is 5.57 Å². The predicted molar refractivity (Wildman–Crippen MR) is 136 cm³/mol. The molecule has 1 aliphatic rings. The molecule has 3 aromatic rings. The highest BCUT2D eigenvalue weighted by atomic mass is 16.2. The van der Waals surface area contributed by atoms with Crippen LogP contribution in [0.5, 0.6) is 0 Å². The highest BCUT2D eigenvalue weighted by molar-refractivity contribution is 6.46. The van der Waals surface area contributed by atoms with Gasteiger partial charge in [-0.25, -0.2) is 4.90 Å². The van der Waals surface area contributed by atoms with Crippen molar-refractivity contribution in [3.05, 3.63) is 94.2 Å². The van der Waals surface area contributed by atoms with Crippen LogP contribution in [0, 0.1) is 27.7 Å². The van der Waals surface area contributed by atoms with E-state index in [1.54, 1.807) is 30.3 Å². The van der Waals surface area contributed by atoms with E-state index < -0.39 is 11.8 Å². The monoisotopic (exact) mass is 453 g/mol. The number of nitrogens with zero attached hydrogens (tertiary/aromatic N) is 1. The van der Waals surface area contributed by atoms with E-state index in [1.165, 1.54) is 11.8 Å².